The number of amides is 1. The molecule has 1 amide bonds. The molecule has 1 aliphatic rings. The predicted octanol–water partition coefficient (Wildman–Crippen LogP) is 4.42. The molecule has 3 aromatic rings. The maximum absolute atomic E-state index is 13.4. The fourth-order valence-corrected chi connectivity index (χ4v) is 3.68. The molecule has 4 rings (SSSR count). The fourth-order valence-electron chi connectivity index (χ4n) is 3.68. The molecule has 0 spiro atoms. The molecular formula is C25H25FN2O3. The Morgan fingerprint density at radius 3 is 2.39 bits per heavy atom. The first-order valence-electron chi connectivity index (χ1n) is 10.4. The van der Waals surface area contributed by atoms with Gasteiger partial charge in [0.15, 0.2) is 0 Å². The van der Waals surface area contributed by atoms with E-state index < -0.39 is 0 Å². The highest BCUT2D eigenvalue weighted by Crippen LogP contribution is 2.26. The molecule has 5 nitrogen and oxygen atoms in total. The molecule has 1 unspecified atom stereocenters. The van der Waals surface area contributed by atoms with E-state index in [9.17, 15) is 9.18 Å². The number of nitrogens with zero attached hydrogens (tertiary/aromatic N) is 1. The highest BCUT2D eigenvalue weighted by molar-refractivity contribution is 5.97. The fraction of sp³-hybridized carbons (Fsp3) is 0.240. The Hall–Kier alpha value is -3.22. The smallest absolute Gasteiger partial charge is 0.255 e. The molecule has 3 aromatic carbocycles. The van der Waals surface area contributed by atoms with Crippen LogP contribution in [-0.2, 0) is 4.74 Å². The van der Waals surface area contributed by atoms with Crippen molar-refractivity contribution in [3.63, 3.8) is 0 Å². The number of carbonyl (C=O) groups is 1. The molecule has 1 fully saturated rings. The molecule has 31 heavy (non-hydrogen) atoms. The number of para-hydroxylation sites is 2. The highest BCUT2D eigenvalue weighted by atomic mass is 19.1. The van der Waals surface area contributed by atoms with Crippen LogP contribution in [-0.4, -0.2) is 43.7 Å². The number of halogens is 1. The third-order valence-electron chi connectivity index (χ3n) is 5.30. The summed E-state index contributed by atoms with van der Waals surface area (Å²) >= 11 is 0. The first kappa shape index (κ1) is 21.0. The first-order chi connectivity index (χ1) is 15.2. The van der Waals surface area contributed by atoms with Crippen LogP contribution in [0.1, 0.15) is 22.0 Å². The van der Waals surface area contributed by atoms with Crippen LogP contribution < -0.4 is 10.1 Å². The Bertz CT molecular complexity index is 989. The predicted molar refractivity (Wildman–Crippen MR) is 117 cm³/mol. The van der Waals surface area contributed by atoms with Crippen molar-refractivity contribution in [3.8, 4) is 11.5 Å². The van der Waals surface area contributed by atoms with E-state index in [2.05, 4.69) is 10.2 Å². The second kappa shape index (κ2) is 10.2. The molecule has 0 aliphatic carbocycles. The molecule has 0 bridgehead atoms. The Labute approximate surface area is 181 Å². The average molecular weight is 420 g/mol. The molecule has 6 heteroatoms. The molecule has 0 aromatic heterocycles. The molecule has 1 atom stereocenters. The van der Waals surface area contributed by atoms with E-state index in [-0.39, 0.29) is 17.8 Å². The van der Waals surface area contributed by atoms with Gasteiger partial charge in [-0.2, -0.15) is 0 Å². The first-order valence-corrected chi connectivity index (χ1v) is 10.4. The second-order valence-electron chi connectivity index (χ2n) is 7.34. The lowest BCUT2D eigenvalue weighted by molar-refractivity contribution is 0.0162. The van der Waals surface area contributed by atoms with Gasteiger partial charge in [0, 0.05) is 19.6 Å². The van der Waals surface area contributed by atoms with Gasteiger partial charge in [0.25, 0.3) is 5.91 Å². The summed E-state index contributed by atoms with van der Waals surface area (Å²) < 4.78 is 24.8. The van der Waals surface area contributed by atoms with Gasteiger partial charge in [0.2, 0.25) is 0 Å². The number of rotatable bonds is 7. The van der Waals surface area contributed by atoms with E-state index in [1.165, 1.54) is 12.1 Å². The zero-order valence-corrected chi connectivity index (χ0v) is 17.2. The van der Waals surface area contributed by atoms with E-state index >= 15 is 0 Å². The van der Waals surface area contributed by atoms with E-state index in [0.717, 1.165) is 18.7 Å². The van der Waals surface area contributed by atoms with Crippen molar-refractivity contribution in [2.45, 2.75) is 6.04 Å². The summed E-state index contributed by atoms with van der Waals surface area (Å²) in [6, 6.07) is 22.9. The molecular weight excluding hydrogens is 395 g/mol. The van der Waals surface area contributed by atoms with Gasteiger partial charge in [-0.1, -0.05) is 42.5 Å². The number of morpholine rings is 1. The number of hydrogen-bond donors (Lipinski definition) is 1. The zero-order chi connectivity index (χ0) is 21.5. The van der Waals surface area contributed by atoms with Crippen LogP contribution in [0.2, 0.25) is 0 Å². The van der Waals surface area contributed by atoms with Crippen molar-refractivity contribution in [3.05, 3.63) is 95.8 Å². The monoisotopic (exact) mass is 420 g/mol. The average Bonchev–Trinajstić information content (AvgIpc) is 2.82. The molecule has 1 aliphatic heterocycles. The van der Waals surface area contributed by atoms with Crippen LogP contribution in [0.4, 0.5) is 4.39 Å². The molecule has 1 saturated heterocycles. The quantitative estimate of drug-likeness (QED) is 0.615. The van der Waals surface area contributed by atoms with Crippen molar-refractivity contribution in [1.82, 2.24) is 10.2 Å². The van der Waals surface area contributed by atoms with Crippen molar-refractivity contribution < 1.29 is 18.7 Å². The third-order valence-corrected chi connectivity index (χ3v) is 5.30. The van der Waals surface area contributed by atoms with Gasteiger partial charge in [-0.3, -0.25) is 9.69 Å². The van der Waals surface area contributed by atoms with Gasteiger partial charge < -0.3 is 14.8 Å². The van der Waals surface area contributed by atoms with Crippen LogP contribution in [0.3, 0.4) is 0 Å². The van der Waals surface area contributed by atoms with Gasteiger partial charge in [-0.05, 0) is 42.0 Å². The van der Waals surface area contributed by atoms with Crippen LogP contribution in [0.15, 0.2) is 78.9 Å². The van der Waals surface area contributed by atoms with Crippen molar-refractivity contribution in [2.24, 2.45) is 0 Å². The Balaban J connectivity index is 1.49. The number of benzene rings is 3. The number of ether oxygens (including phenoxy) is 2. The Morgan fingerprint density at radius 1 is 0.968 bits per heavy atom. The number of nitrogens with one attached hydrogen (secondary N) is 1. The van der Waals surface area contributed by atoms with Crippen molar-refractivity contribution in [1.29, 1.82) is 0 Å². The van der Waals surface area contributed by atoms with Gasteiger partial charge in [-0.25, -0.2) is 4.39 Å². The van der Waals surface area contributed by atoms with Gasteiger partial charge in [0.05, 0.1) is 24.8 Å². The largest absolute Gasteiger partial charge is 0.457 e. The summed E-state index contributed by atoms with van der Waals surface area (Å²) in [4.78, 5) is 15.3. The Morgan fingerprint density at radius 2 is 1.65 bits per heavy atom. The zero-order valence-electron chi connectivity index (χ0n) is 17.2. The minimum atomic E-state index is -0.277. The number of carbonyl (C=O) groups excluding carboxylic acids is 1. The maximum atomic E-state index is 13.4. The standard InChI is InChI=1S/C25H25FN2O3/c26-20-12-10-19(11-13-20)23(28-14-16-30-17-15-28)18-27-25(29)22-8-4-5-9-24(22)31-21-6-2-1-3-7-21/h1-13,23H,14-18H2,(H,27,29). The lowest BCUT2D eigenvalue weighted by Gasteiger charge is -2.35. The maximum Gasteiger partial charge on any atom is 0.255 e. The van der Waals surface area contributed by atoms with Crippen LogP contribution in [0, 0.1) is 5.82 Å². The molecule has 0 saturated carbocycles. The lowest BCUT2D eigenvalue weighted by Crippen LogP contribution is -2.43. The Kier molecular flexibility index (Phi) is 6.92. The van der Waals surface area contributed by atoms with Crippen molar-refractivity contribution in [2.75, 3.05) is 32.8 Å². The number of hydrogen-bond acceptors (Lipinski definition) is 4. The summed E-state index contributed by atoms with van der Waals surface area (Å²) in [6.45, 7) is 3.18. The van der Waals surface area contributed by atoms with E-state index in [0.29, 0.717) is 36.8 Å². The van der Waals surface area contributed by atoms with Gasteiger partial charge >= 0.3 is 0 Å². The van der Waals surface area contributed by atoms with Crippen LogP contribution >= 0.6 is 0 Å². The van der Waals surface area contributed by atoms with Gasteiger partial charge in [0.1, 0.15) is 17.3 Å². The van der Waals surface area contributed by atoms with E-state index in [1.54, 1.807) is 24.3 Å². The summed E-state index contributed by atoms with van der Waals surface area (Å²) in [6.07, 6.45) is 0. The molecule has 160 valence electrons. The molecule has 0 radical (unpaired) electrons. The summed E-state index contributed by atoms with van der Waals surface area (Å²) in [7, 11) is 0. The second-order valence-corrected chi connectivity index (χ2v) is 7.34. The lowest BCUT2D eigenvalue weighted by atomic mass is 10.0. The summed E-state index contributed by atoms with van der Waals surface area (Å²) in [5.41, 5.74) is 1.42. The van der Waals surface area contributed by atoms with Gasteiger partial charge in [-0.15, -0.1) is 0 Å². The van der Waals surface area contributed by atoms with Crippen molar-refractivity contribution >= 4 is 5.91 Å². The van der Waals surface area contributed by atoms with Crippen LogP contribution in [0.5, 0.6) is 11.5 Å². The van der Waals surface area contributed by atoms with Crippen LogP contribution in [0.25, 0.3) is 0 Å². The highest BCUT2D eigenvalue weighted by Gasteiger charge is 2.24. The topological polar surface area (TPSA) is 50.8 Å². The van der Waals surface area contributed by atoms with E-state index in [1.807, 2.05) is 42.5 Å². The minimum Gasteiger partial charge on any atom is -0.457 e. The summed E-state index contributed by atoms with van der Waals surface area (Å²) in [5, 5.41) is 3.04. The summed E-state index contributed by atoms with van der Waals surface area (Å²) in [5.74, 6) is 0.670. The minimum absolute atomic E-state index is 0.0735. The molecule has 1 heterocycles. The normalized spacial score (nSPS) is 15.3. The molecule has 1 N–H and O–H groups in total. The third kappa shape index (κ3) is 5.48. The SMILES string of the molecule is O=C(NCC(c1ccc(F)cc1)N1CCOCC1)c1ccccc1Oc1ccccc1. The van der Waals surface area contributed by atoms with E-state index in [4.69, 9.17) is 9.47 Å².